The van der Waals surface area contributed by atoms with Gasteiger partial charge in [0.1, 0.15) is 5.01 Å². The van der Waals surface area contributed by atoms with Crippen LogP contribution in [0.3, 0.4) is 0 Å². The summed E-state index contributed by atoms with van der Waals surface area (Å²) in [6.45, 7) is 6.24. The molecule has 7 nitrogen and oxygen atoms in total. The van der Waals surface area contributed by atoms with Crippen molar-refractivity contribution in [1.82, 2.24) is 10.2 Å². The second-order valence-electron chi connectivity index (χ2n) is 6.11. The van der Waals surface area contributed by atoms with Crippen molar-refractivity contribution in [1.29, 1.82) is 0 Å². The van der Waals surface area contributed by atoms with Crippen molar-refractivity contribution >= 4 is 39.7 Å². The number of amides is 1. The van der Waals surface area contributed by atoms with E-state index in [-0.39, 0.29) is 21.7 Å². The first-order chi connectivity index (χ1) is 10.7. The van der Waals surface area contributed by atoms with Gasteiger partial charge in [-0.1, -0.05) is 43.7 Å². The number of nitro benzene ring substituents is 1. The Labute approximate surface area is 141 Å². The van der Waals surface area contributed by atoms with Crippen LogP contribution in [-0.4, -0.2) is 21.0 Å². The van der Waals surface area contributed by atoms with Crippen LogP contribution in [0.15, 0.2) is 18.2 Å². The molecule has 0 aliphatic heterocycles. The van der Waals surface area contributed by atoms with Gasteiger partial charge in [-0.05, 0) is 11.5 Å². The summed E-state index contributed by atoms with van der Waals surface area (Å²) in [4.78, 5) is 22.4. The number of rotatable bonds is 4. The molecule has 0 spiro atoms. The van der Waals surface area contributed by atoms with Crippen LogP contribution in [0.2, 0.25) is 5.02 Å². The Bertz CT molecular complexity index is 755. The SMILES string of the molecule is CC(C)(C)Cc1nnc(NC(=O)c2cc([N+](=O)[O-])ccc2Cl)s1. The Hall–Kier alpha value is -2.06. The zero-order valence-electron chi connectivity index (χ0n) is 12.8. The molecule has 2 aromatic rings. The van der Waals surface area contributed by atoms with Crippen LogP contribution in [0.4, 0.5) is 10.8 Å². The zero-order chi connectivity index (χ0) is 17.2. The number of nitro groups is 1. The van der Waals surface area contributed by atoms with Crippen molar-refractivity contribution in [3.05, 3.63) is 43.9 Å². The van der Waals surface area contributed by atoms with Crippen LogP contribution < -0.4 is 5.32 Å². The van der Waals surface area contributed by atoms with Gasteiger partial charge in [0.05, 0.1) is 15.5 Å². The number of nitrogens with zero attached hydrogens (tertiary/aromatic N) is 3. The molecule has 0 aliphatic carbocycles. The Morgan fingerprint density at radius 3 is 2.70 bits per heavy atom. The average molecular weight is 355 g/mol. The van der Waals surface area contributed by atoms with Gasteiger partial charge in [0.15, 0.2) is 0 Å². The highest BCUT2D eigenvalue weighted by molar-refractivity contribution is 7.15. The van der Waals surface area contributed by atoms with Crippen molar-refractivity contribution in [2.75, 3.05) is 5.32 Å². The fourth-order valence-electron chi connectivity index (χ4n) is 1.79. The van der Waals surface area contributed by atoms with E-state index in [1.807, 2.05) is 0 Å². The number of non-ortho nitro benzene ring substituents is 1. The van der Waals surface area contributed by atoms with Crippen LogP contribution in [0, 0.1) is 15.5 Å². The number of halogens is 1. The van der Waals surface area contributed by atoms with Crippen molar-refractivity contribution in [2.24, 2.45) is 5.41 Å². The number of hydrogen-bond donors (Lipinski definition) is 1. The number of aromatic nitrogens is 2. The third kappa shape index (κ3) is 4.70. The molecule has 0 fully saturated rings. The van der Waals surface area contributed by atoms with Crippen molar-refractivity contribution in [3.8, 4) is 0 Å². The molecule has 0 aliphatic rings. The van der Waals surface area contributed by atoms with E-state index in [1.54, 1.807) is 0 Å². The maximum atomic E-state index is 12.2. The van der Waals surface area contributed by atoms with Gasteiger partial charge in [-0.2, -0.15) is 0 Å². The number of nitrogens with one attached hydrogen (secondary N) is 1. The van der Waals surface area contributed by atoms with Crippen LogP contribution >= 0.6 is 22.9 Å². The van der Waals surface area contributed by atoms with Crippen LogP contribution in [0.5, 0.6) is 0 Å². The average Bonchev–Trinajstić information content (AvgIpc) is 2.83. The first kappa shape index (κ1) is 17.3. The molecule has 1 N–H and O–H groups in total. The predicted molar refractivity (Wildman–Crippen MR) is 89.1 cm³/mol. The number of carbonyl (C=O) groups excluding carboxylic acids is 1. The summed E-state index contributed by atoms with van der Waals surface area (Å²) >= 11 is 7.21. The molecule has 122 valence electrons. The largest absolute Gasteiger partial charge is 0.296 e. The van der Waals surface area contributed by atoms with Gasteiger partial charge in [0.25, 0.3) is 11.6 Å². The van der Waals surface area contributed by atoms with Crippen molar-refractivity contribution in [2.45, 2.75) is 27.2 Å². The van der Waals surface area contributed by atoms with Gasteiger partial charge >= 0.3 is 0 Å². The minimum absolute atomic E-state index is 0.0217. The van der Waals surface area contributed by atoms with E-state index in [0.717, 1.165) is 17.5 Å². The lowest BCUT2D eigenvalue weighted by atomic mass is 9.93. The van der Waals surface area contributed by atoms with Crippen molar-refractivity contribution in [3.63, 3.8) is 0 Å². The highest BCUT2D eigenvalue weighted by Crippen LogP contribution is 2.26. The lowest BCUT2D eigenvalue weighted by Gasteiger charge is -2.14. The maximum Gasteiger partial charge on any atom is 0.270 e. The number of anilines is 1. The van der Waals surface area contributed by atoms with Crippen LogP contribution in [-0.2, 0) is 6.42 Å². The molecule has 2 rings (SSSR count). The van der Waals surface area contributed by atoms with E-state index in [9.17, 15) is 14.9 Å². The number of carbonyl (C=O) groups is 1. The third-order valence-electron chi connectivity index (χ3n) is 2.77. The predicted octanol–water partition coefficient (Wildman–Crippen LogP) is 3.94. The highest BCUT2D eigenvalue weighted by atomic mass is 35.5. The molecule has 0 saturated heterocycles. The Balaban J connectivity index is 2.16. The summed E-state index contributed by atoms with van der Waals surface area (Å²) in [6, 6.07) is 3.69. The van der Waals surface area contributed by atoms with Crippen molar-refractivity contribution < 1.29 is 9.72 Å². The lowest BCUT2D eigenvalue weighted by molar-refractivity contribution is -0.384. The smallest absolute Gasteiger partial charge is 0.270 e. The Kier molecular flexibility index (Phi) is 4.96. The normalized spacial score (nSPS) is 11.3. The second kappa shape index (κ2) is 6.59. The molecule has 1 amide bonds. The molecule has 1 aromatic carbocycles. The molecular weight excluding hydrogens is 340 g/mol. The molecule has 0 unspecified atom stereocenters. The van der Waals surface area contributed by atoms with E-state index in [4.69, 9.17) is 11.6 Å². The molecule has 0 radical (unpaired) electrons. The molecule has 0 atom stereocenters. The second-order valence-corrected chi connectivity index (χ2v) is 7.58. The number of hydrogen-bond acceptors (Lipinski definition) is 6. The zero-order valence-corrected chi connectivity index (χ0v) is 14.4. The number of benzene rings is 1. The molecule has 0 saturated carbocycles. The van der Waals surface area contributed by atoms with E-state index in [1.165, 1.54) is 23.5 Å². The van der Waals surface area contributed by atoms with E-state index in [0.29, 0.717) is 5.13 Å². The summed E-state index contributed by atoms with van der Waals surface area (Å²) in [5, 5.41) is 22.6. The molecule has 9 heteroatoms. The molecule has 1 heterocycles. The van der Waals surface area contributed by atoms with Crippen LogP contribution in [0.1, 0.15) is 36.1 Å². The minimum atomic E-state index is -0.584. The van der Waals surface area contributed by atoms with Gasteiger partial charge in [-0.3, -0.25) is 20.2 Å². The summed E-state index contributed by atoms with van der Waals surface area (Å²) in [5.74, 6) is -0.558. The minimum Gasteiger partial charge on any atom is -0.296 e. The molecule has 1 aromatic heterocycles. The fraction of sp³-hybridized carbons (Fsp3) is 0.357. The Morgan fingerprint density at radius 1 is 1.39 bits per heavy atom. The molecule has 23 heavy (non-hydrogen) atoms. The standard InChI is InChI=1S/C14H15ClN4O3S/c1-14(2,3)7-11-17-18-13(23-11)16-12(20)9-6-8(19(21)22)4-5-10(9)15/h4-6H,7H2,1-3H3,(H,16,18,20). The summed E-state index contributed by atoms with van der Waals surface area (Å²) < 4.78 is 0. The fourth-order valence-corrected chi connectivity index (χ4v) is 3.03. The molecule has 0 bridgehead atoms. The third-order valence-corrected chi connectivity index (χ3v) is 3.94. The maximum absolute atomic E-state index is 12.2. The topological polar surface area (TPSA) is 98.0 Å². The van der Waals surface area contributed by atoms with Gasteiger partial charge in [0, 0.05) is 18.6 Å². The van der Waals surface area contributed by atoms with Gasteiger partial charge in [0.2, 0.25) is 5.13 Å². The quantitative estimate of drug-likeness (QED) is 0.662. The first-order valence-corrected chi connectivity index (χ1v) is 7.93. The summed E-state index contributed by atoms with van der Waals surface area (Å²) in [5.41, 5.74) is -0.122. The summed E-state index contributed by atoms with van der Waals surface area (Å²) in [7, 11) is 0. The Morgan fingerprint density at radius 2 is 2.09 bits per heavy atom. The molecular formula is C14H15ClN4O3S. The highest BCUT2D eigenvalue weighted by Gasteiger charge is 2.19. The van der Waals surface area contributed by atoms with Gasteiger partial charge < -0.3 is 0 Å². The monoisotopic (exact) mass is 354 g/mol. The van der Waals surface area contributed by atoms with E-state index >= 15 is 0 Å². The van der Waals surface area contributed by atoms with E-state index in [2.05, 4.69) is 36.3 Å². The van der Waals surface area contributed by atoms with Crippen LogP contribution in [0.25, 0.3) is 0 Å². The lowest BCUT2D eigenvalue weighted by Crippen LogP contribution is -2.12. The first-order valence-electron chi connectivity index (χ1n) is 6.73. The summed E-state index contributed by atoms with van der Waals surface area (Å²) in [6.07, 6.45) is 0.734. The van der Waals surface area contributed by atoms with Gasteiger partial charge in [-0.25, -0.2) is 0 Å². The van der Waals surface area contributed by atoms with Gasteiger partial charge in [-0.15, -0.1) is 10.2 Å². The van der Waals surface area contributed by atoms with E-state index < -0.39 is 10.8 Å².